The lowest BCUT2D eigenvalue weighted by Crippen LogP contribution is -2.48. The summed E-state index contributed by atoms with van der Waals surface area (Å²) in [6.07, 6.45) is 3.57. The zero-order chi connectivity index (χ0) is 14.7. The Morgan fingerprint density at radius 3 is 2.90 bits per heavy atom. The number of piperidine rings is 1. The number of benzene rings is 1. The van der Waals surface area contributed by atoms with Gasteiger partial charge in [0, 0.05) is 11.7 Å². The largest absolute Gasteiger partial charge is 0.397 e. The van der Waals surface area contributed by atoms with E-state index in [1.807, 2.05) is 6.92 Å². The summed E-state index contributed by atoms with van der Waals surface area (Å²) in [6, 6.07) is 5.47. The molecule has 2 unspecified atom stereocenters. The second-order valence-electron chi connectivity index (χ2n) is 5.48. The summed E-state index contributed by atoms with van der Waals surface area (Å²) >= 11 is 5.87. The van der Waals surface area contributed by atoms with Crippen LogP contribution in [0.1, 0.15) is 33.1 Å². The molecular weight excluding hydrogens is 274 g/mol. The maximum Gasteiger partial charge on any atom is 0.241 e. The third-order valence-corrected chi connectivity index (χ3v) is 4.34. The summed E-state index contributed by atoms with van der Waals surface area (Å²) in [5.41, 5.74) is 6.91. The van der Waals surface area contributed by atoms with Crippen molar-refractivity contribution in [2.24, 2.45) is 0 Å². The molecule has 2 rings (SSSR count). The van der Waals surface area contributed by atoms with E-state index in [0.717, 1.165) is 19.4 Å². The molecule has 1 amide bonds. The van der Waals surface area contributed by atoms with Gasteiger partial charge in [0.15, 0.2) is 0 Å². The molecule has 1 aromatic carbocycles. The Morgan fingerprint density at radius 1 is 1.50 bits per heavy atom. The third kappa shape index (κ3) is 3.44. The summed E-state index contributed by atoms with van der Waals surface area (Å²) in [5.74, 6) is 0.000437. The van der Waals surface area contributed by atoms with Crippen LogP contribution in [0, 0.1) is 0 Å². The van der Waals surface area contributed by atoms with Crippen molar-refractivity contribution in [3.8, 4) is 0 Å². The molecule has 1 heterocycles. The van der Waals surface area contributed by atoms with Crippen molar-refractivity contribution >= 4 is 28.9 Å². The van der Waals surface area contributed by atoms with Gasteiger partial charge >= 0.3 is 0 Å². The Labute approximate surface area is 125 Å². The van der Waals surface area contributed by atoms with E-state index >= 15 is 0 Å². The van der Waals surface area contributed by atoms with Gasteiger partial charge in [0.05, 0.1) is 16.8 Å². The first-order valence-corrected chi connectivity index (χ1v) is 7.48. The zero-order valence-electron chi connectivity index (χ0n) is 12.0. The van der Waals surface area contributed by atoms with E-state index in [-0.39, 0.29) is 11.9 Å². The van der Waals surface area contributed by atoms with Crippen molar-refractivity contribution in [1.29, 1.82) is 0 Å². The standard InChI is InChI=1S/C15H22ClN3O/c1-10-5-3-4-8-19(10)11(2)15(20)18-12-6-7-13(16)14(17)9-12/h6-7,9-11H,3-5,8,17H2,1-2H3,(H,18,20). The monoisotopic (exact) mass is 295 g/mol. The van der Waals surface area contributed by atoms with Gasteiger partial charge in [-0.05, 0) is 51.4 Å². The highest BCUT2D eigenvalue weighted by Gasteiger charge is 2.27. The second kappa shape index (κ2) is 6.46. The molecule has 0 bridgehead atoms. The van der Waals surface area contributed by atoms with Crippen LogP contribution in [0.4, 0.5) is 11.4 Å². The normalized spacial score (nSPS) is 21.4. The Kier molecular flexibility index (Phi) is 4.89. The van der Waals surface area contributed by atoms with E-state index in [1.54, 1.807) is 18.2 Å². The number of amides is 1. The zero-order valence-corrected chi connectivity index (χ0v) is 12.8. The topological polar surface area (TPSA) is 58.4 Å². The fourth-order valence-corrected chi connectivity index (χ4v) is 2.83. The van der Waals surface area contributed by atoms with Gasteiger partial charge in [-0.1, -0.05) is 18.0 Å². The first kappa shape index (κ1) is 15.1. The second-order valence-corrected chi connectivity index (χ2v) is 5.89. The quantitative estimate of drug-likeness (QED) is 0.842. The molecule has 0 aromatic heterocycles. The number of hydrogen-bond acceptors (Lipinski definition) is 3. The number of halogens is 1. The van der Waals surface area contributed by atoms with Crippen LogP contribution in [0.3, 0.4) is 0 Å². The lowest BCUT2D eigenvalue weighted by molar-refractivity contribution is -0.122. The first-order valence-electron chi connectivity index (χ1n) is 7.10. The predicted octanol–water partition coefficient (Wildman–Crippen LogP) is 3.12. The van der Waals surface area contributed by atoms with Crippen molar-refractivity contribution < 1.29 is 4.79 Å². The maximum atomic E-state index is 12.3. The fourth-order valence-electron chi connectivity index (χ4n) is 2.71. The van der Waals surface area contributed by atoms with Crippen LogP contribution in [0.5, 0.6) is 0 Å². The summed E-state index contributed by atoms with van der Waals surface area (Å²) in [4.78, 5) is 14.6. The summed E-state index contributed by atoms with van der Waals surface area (Å²) in [7, 11) is 0. The predicted molar refractivity (Wildman–Crippen MR) is 84.0 cm³/mol. The van der Waals surface area contributed by atoms with Crippen LogP contribution in [-0.4, -0.2) is 29.4 Å². The minimum absolute atomic E-state index is 0.000437. The molecule has 1 aromatic rings. The molecular formula is C15H22ClN3O. The van der Waals surface area contributed by atoms with Gasteiger partial charge < -0.3 is 11.1 Å². The smallest absolute Gasteiger partial charge is 0.241 e. The van der Waals surface area contributed by atoms with E-state index in [9.17, 15) is 4.79 Å². The molecule has 1 aliphatic heterocycles. The Morgan fingerprint density at radius 2 is 2.25 bits per heavy atom. The lowest BCUT2D eigenvalue weighted by Gasteiger charge is -2.37. The third-order valence-electron chi connectivity index (χ3n) is 3.99. The van der Waals surface area contributed by atoms with E-state index < -0.39 is 0 Å². The van der Waals surface area contributed by atoms with Crippen molar-refractivity contribution in [3.63, 3.8) is 0 Å². The fraction of sp³-hybridized carbons (Fsp3) is 0.533. The summed E-state index contributed by atoms with van der Waals surface area (Å²) in [6.45, 7) is 5.12. The van der Waals surface area contributed by atoms with Crippen molar-refractivity contribution in [2.45, 2.75) is 45.2 Å². The number of rotatable bonds is 3. The van der Waals surface area contributed by atoms with Crippen LogP contribution >= 0.6 is 11.6 Å². The molecule has 0 saturated carbocycles. The SMILES string of the molecule is CC1CCCCN1C(C)C(=O)Nc1ccc(Cl)c(N)c1. The van der Waals surface area contributed by atoms with Gasteiger partial charge in [0.1, 0.15) is 0 Å². The first-order chi connectivity index (χ1) is 9.49. The highest BCUT2D eigenvalue weighted by Crippen LogP contribution is 2.23. The minimum Gasteiger partial charge on any atom is -0.397 e. The molecule has 1 aliphatic rings. The minimum atomic E-state index is -0.137. The van der Waals surface area contributed by atoms with Crippen LogP contribution in [-0.2, 0) is 4.79 Å². The molecule has 5 heteroatoms. The van der Waals surface area contributed by atoms with E-state index in [4.69, 9.17) is 17.3 Å². The lowest BCUT2D eigenvalue weighted by atomic mass is 10.0. The van der Waals surface area contributed by atoms with Crippen LogP contribution in [0.15, 0.2) is 18.2 Å². The molecule has 2 atom stereocenters. The molecule has 3 N–H and O–H groups in total. The van der Waals surface area contributed by atoms with Crippen molar-refractivity contribution in [1.82, 2.24) is 4.90 Å². The Hall–Kier alpha value is -1.26. The number of hydrogen-bond donors (Lipinski definition) is 2. The highest BCUT2D eigenvalue weighted by molar-refractivity contribution is 6.33. The number of nitrogens with one attached hydrogen (secondary N) is 1. The van der Waals surface area contributed by atoms with E-state index in [1.165, 1.54) is 6.42 Å². The van der Waals surface area contributed by atoms with Gasteiger partial charge in [-0.15, -0.1) is 0 Å². The highest BCUT2D eigenvalue weighted by atomic mass is 35.5. The molecule has 0 radical (unpaired) electrons. The molecule has 0 aliphatic carbocycles. The van der Waals surface area contributed by atoms with Gasteiger partial charge in [0.25, 0.3) is 0 Å². The number of carbonyl (C=O) groups excluding carboxylic acids is 1. The molecule has 20 heavy (non-hydrogen) atoms. The average Bonchev–Trinajstić information content (AvgIpc) is 2.42. The number of nitrogens with two attached hydrogens (primary N) is 1. The van der Waals surface area contributed by atoms with E-state index in [0.29, 0.717) is 22.4 Å². The van der Waals surface area contributed by atoms with Gasteiger partial charge in [-0.25, -0.2) is 0 Å². The number of nitrogen functional groups attached to an aromatic ring is 1. The summed E-state index contributed by atoms with van der Waals surface area (Å²) in [5, 5.41) is 3.41. The molecule has 0 spiro atoms. The van der Waals surface area contributed by atoms with Crippen LogP contribution in [0.2, 0.25) is 5.02 Å². The molecule has 1 fully saturated rings. The average molecular weight is 296 g/mol. The number of anilines is 2. The van der Waals surface area contributed by atoms with Gasteiger partial charge in [-0.3, -0.25) is 9.69 Å². The Bertz CT molecular complexity index is 492. The summed E-state index contributed by atoms with van der Waals surface area (Å²) < 4.78 is 0. The van der Waals surface area contributed by atoms with Crippen LogP contribution in [0.25, 0.3) is 0 Å². The number of carbonyl (C=O) groups is 1. The van der Waals surface area contributed by atoms with E-state index in [2.05, 4.69) is 17.1 Å². The number of nitrogens with zero attached hydrogens (tertiary/aromatic N) is 1. The maximum absolute atomic E-state index is 12.3. The Balaban J connectivity index is 2.01. The number of likely N-dealkylation sites (tertiary alicyclic amines) is 1. The molecule has 1 saturated heterocycles. The van der Waals surface area contributed by atoms with Crippen molar-refractivity contribution in [3.05, 3.63) is 23.2 Å². The van der Waals surface area contributed by atoms with Gasteiger partial charge in [0.2, 0.25) is 5.91 Å². The van der Waals surface area contributed by atoms with Crippen LogP contribution < -0.4 is 11.1 Å². The van der Waals surface area contributed by atoms with Crippen molar-refractivity contribution in [2.75, 3.05) is 17.6 Å². The molecule has 110 valence electrons. The molecule has 4 nitrogen and oxygen atoms in total. The van der Waals surface area contributed by atoms with Gasteiger partial charge in [-0.2, -0.15) is 0 Å².